The summed E-state index contributed by atoms with van der Waals surface area (Å²) in [5.74, 6) is 1.00. The zero-order chi connectivity index (χ0) is 12.3. The van der Waals surface area contributed by atoms with Crippen LogP contribution in [0.4, 0.5) is 11.4 Å². The molecule has 3 heteroatoms. The van der Waals surface area contributed by atoms with Crippen molar-refractivity contribution in [2.24, 2.45) is 0 Å². The van der Waals surface area contributed by atoms with E-state index in [9.17, 15) is 0 Å². The van der Waals surface area contributed by atoms with Gasteiger partial charge in [-0.05, 0) is 35.1 Å². The largest absolute Gasteiger partial charge is 0.399 e. The van der Waals surface area contributed by atoms with Gasteiger partial charge in [0, 0.05) is 16.3 Å². The molecule has 0 aromatic heterocycles. The zero-order valence-corrected chi connectivity index (χ0v) is 10.6. The molecule has 4 N–H and O–H groups in total. The maximum Gasteiger partial charge on any atom is 0.0458 e. The number of thioether (sulfide) groups is 1. The molecule has 0 saturated heterocycles. The van der Waals surface area contributed by atoms with Crippen molar-refractivity contribution in [2.45, 2.75) is 11.8 Å². The highest BCUT2D eigenvalue weighted by molar-refractivity contribution is 7.99. The van der Waals surface area contributed by atoms with E-state index in [1.165, 1.54) is 0 Å². The van der Waals surface area contributed by atoms with Gasteiger partial charge in [-0.3, -0.25) is 0 Å². The minimum absolute atomic E-state index is 0.775. The van der Waals surface area contributed by atoms with Crippen LogP contribution in [0.25, 0.3) is 11.1 Å². The van der Waals surface area contributed by atoms with Crippen LogP contribution in [0.1, 0.15) is 6.92 Å². The Morgan fingerprint density at radius 3 is 2.53 bits per heavy atom. The van der Waals surface area contributed by atoms with Crippen molar-refractivity contribution < 1.29 is 0 Å². The fourth-order valence-corrected chi connectivity index (χ4v) is 2.66. The average molecular weight is 244 g/mol. The Hall–Kier alpha value is -1.61. The van der Waals surface area contributed by atoms with Crippen molar-refractivity contribution >= 4 is 23.1 Å². The van der Waals surface area contributed by atoms with Gasteiger partial charge in [-0.2, -0.15) is 0 Å². The molecule has 0 radical (unpaired) electrons. The van der Waals surface area contributed by atoms with E-state index in [2.05, 4.69) is 19.1 Å². The smallest absolute Gasteiger partial charge is 0.0458 e. The summed E-state index contributed by atoms with van der Waals surface area (Å²) in [6, 6.07) is 13.9. The van der Waals surface area contributed by atoms with Gasteiger partial charge >= 0.3 is 0 Å². The van der Waals surface area contributed by atoms with Crippen LogP contribution in [0, 0.1) is 0 Å². The van der Waals surface area contributed by atoms with E-state index in [4.69, 9.17) is 11.5 Å². The van der Waals surface area contributed by atoms with Crippen LogP contribution in [-0.2, 0) is 0 Å². The second-order valence-electron chi connectivity index (χ2n) is 3.78. The van der Waals surface area contributed by atoms with Gasteiger partial charge < -0.3 is 11.5 Å². The molecule has 2 rings (SSSR count). The number of anilines is 2. The Labute approximate surface area is 106 Å². The van der Waals surface area contributed by atoms with Gasteiger partial charge in [-0.25, -0.2) is 0 Å². The molecule has 2 aromatic carbocycles. The standard InChI is InChI=1S/C14H16N2S/c1-2-17-14-12(7-4-8-13(14)16)10-5-3-6-11(15)9-10/h3-9H,2,15-16H2,1H3. The summed E-state index contributed by atoms with van der Waals surface area (Å²) < 4.78 is 0. The van der Waals surface area contributed by atoms with Crippen molar-refractivity contribution in [3.05, 3.63) is 42.5 Å². The van der Waals surface area contributed by atoms with E-state index in [0.717, 1.165) is 33.2 Å². The van der Waals surface area contributed by atoms with Gasteiger partial charge in [0.2, 0.25) is 0 Å². The minimum Gasteiger partial charge on any atom is -0.399 e. The third-order valence-corrected chi connectivity index (χ3v) is 3.56. The average Bonchev–Trinajstić information content (AvgIpc) is 2.32. The van der Waals surface area contributed by atoms with E-state index < -0.39 is 0 Å². The van der Waals surface area contributed by atoms with E-state index in [1.807, 2.05) is 30.3 Å². The van der Waals surface area contributed by atoms with Crippen molar-refractivity contribution in [3.8, 4) is 11.1 Å². The first-order chi connectivity index (χ1) is 8.22. The summed E-state index contributed by atoms with van der Waals surface area (Å²) in [6.45, 7) is 2.13. The molecule has 2 nitrogen and oxygen atoms in total. The topological polar surface area (TPSA) is 52.0 Å². The summed E-state index contributed by atoms with van der Waals surface area (Å²) in [5.41, 5.74) is 15.7. The second-order valence-corrected chi connectivity index (χ2v) is 5.06. The van der Waals surface area contributed by atoms with E-state index in [-0.39, 0.29) is 0 Å². The molecule has 0 amide bonds. The predicted octanol–water partition coefficient (Wildman–Crippen LogP) is 3.63. The fourth-order valence-electron chi connectivity index (χ4n) is 1.79. The molecule has 0 aliphatic heterocycles. The lowest BCUT2D eigenvalue weighted by Gasteiger charge is -2.11. The Kier molecular flexibility index (Phi) is 3.59. The number of rotatable bonds is 3. The number of hydrogen-bond acceptors (Lipinski definition) is 3. The van der Waals surface area contributed by atoms with Gasteiger partial charge in [-0.1, -0.05) is 31.2 Å². The predicted molar refractivity (Wildman–Crippen MR) is 77.1 cm³/mol. The van der Waals surface area contributed by atoms with Crippen LogP contribution in [0.15, 0.2) is 47.4 Å². The first-order valence-corrected chi connectivity index (χ1v) is 6.58. The second kappa shape index (κ2) is 5.15. The van der Waals surface area contributed by atoms with Gasteiger partial charge in [0.15, 0.2) is 0 Å². The molecule has 0 spiro atoms. The maximum atomic E-state index is 6.03. The Bertz CT molecular complexity index is 523. The van der Waals surface area contributed by atoms with Crippen LogP contribution in [-0.4, -0.2) is 5.75 Å². The molecule has 0 aliphatic carbocycles. The molecule has 88 valence electrons. The molecule has 0 atom stereocenters. The van der Waals surface area contributed by atoms with Crippen molar-refractivity contribution in [3.63, 3.8) is 0 Å². The molecule has 2 aromatic rings. The summed E-state index contributed by atoms with van der Waals surface area (Å²) >= 11 is 1.76. The molecule has 0 unspecified atom stereocenters. The zero-order valence-electron chi connectivity index (χ0n) is 9.81. The van der Waals surface area contributed by atoms with Crippen LogP contribution >= 0.6 is 11.8 Å². The van der Waals surface area contributed by atoms with Crippen LogP contribution < -0.4 is 11.5 Å². The third kappa shape index (κ3) is 2.56. The molecule has 0 heterocycles. The van der Waals surface area contributed by atoms with E-state index >= 15 is 0 Å². The number of benzene rings is 2. The normalized spacial score (nSPS) is 10.4. The highest BCUT2D eigenvalue weighted by Crippen LogP contribution is 2.36. The highest BCUT2D eigenvalue weighted by atomic mass is 32.2. The van der Waals surface area contributed by atoms with Gasteiger partial charge in [-0.15, -0.1) is 11.8 Å². The third-order valence-electron chi connectivity index (χ3n) is 2.53. The lowest BCUT2D eigenvalue weighted by atomic mass is 10.0. The maximum absolute atomic E-state index is 6.03. The SMILES string of the molecule is CCSc1c(N)cccc1-c1cccc(N)c1. The molecule has 0 aliphatic rings. The quantitative estimate of drug-likeness (QED) is 0.640. The number of nitrogens with two attached hydrogens (primary N) is 2. The molecule has 0 fully saturated rings. The van der Waals surface area contributed by atoms with Gasteiger partial charge in [0.25, 0.3) is 0 Å². The molecule has 0 bridgehead atoms. The summed E-state index contributed by atoms with van der Waals surface area (Å²) in [7, 11) is 0. The number of hydrogen-bond donors (Lipinski definition) is 2. The lowest BCUT2D eigenvalue weighted by Crippen LogP contribution is -1.92. The molecular weight excluding hydrogens is 228 g/mol. The first kappa shape index (κ1) is 11.9. The Morgan fingerprint density at radius 1 is 1.06 bits per heavy atom. The van der Waals surface area contributed by atoms with Crippen LogP contribution in [0.3, 0.4) is 0 Å². The lowest BCUT2D eigenvalue weighted by molar-refractivity contribution is 1.42. The van der Waals surface area contributed by atoms with E-state index in [0.29, 0.717) is 0 Å². The monoisotopic (exact) mass is 244 g/mol. The molecule has 17 heavy (non-hydrogen) atoms. The molecular formula is C14H16N2S. The van der Waals surface area contributed by atoms with Crippen molar-refractivity contribution in [1.82, 2.24) is 0 Å². The minimum atomic E-state index is 0.775. The summed E-state index contributed by atoms with van der Waals surface area (Å²) in [5, 5.41) is 0. The summed E-state index contributed by atoms with van der Waals surface area (Å²) in [6.07, 6.45) is 0. The van der Waals surface area contributed by atoms with Crippen molar-refractivity contribution in [1.29, 1.82) is 0 Å². The van der Waals surface area contributed by atoms with Gasteiger partial charge in [0.1, 0.15) is 0 Å². The van der Waals surface area contributed by atoms with Crippen molar-refractivity contribution in [2.75, 3.05) is 17.2 Å². The number of nitrogen functional groups attached to an aromatic ring is 2. The van der Waals surface area contributed by atoms with Crippen LogP contribution in [0.5, 0.6) is 0 Å². The summed E-state index contributed by atoms with van der Waals surface area (Å²) in [4.78, 5) is 1.14. The Morgan fingerprint density at radius 2 is 1.82 bits per heavy atom. The molecule has 0 saturated carbocycles. The Balaban J connectivity index is 2.54. The van der Waals surface area contributed by atoms with Gasteiger partial charge in [0.05, 0.1) is 0 Å². The van der Waals surface area contributed by atoms with Crippen LogP contribution in [0.2, 0.25) is 0 Å². The highest BCUT2D eigenvalue weighted by Gasteiger charge is 2.08. The van der Waals surface area contributed by atoms with E-state index in [1.54, 1.807) is 11.8 Å². The fraction of sp³-hybridized carbons (Fsp3) is 0.143. The first-order valence-electron chi connectivity index (χ1n) is 5.59.